The Morgan fingerprint density at radius 3 is 1.95 bits per heavy atom. The van der Waals surface area contributed by atoms with E-state index in [1.165, 1.54) is 43.4 Å². The molecule has 3 heterocycles. The number of rotatable bonds is 19. The molecule has 2 saturated heterocycles. The number of piperidine rings is 1. The summed E-state index contributed by atoms with van der Waals surface area (Å²) in [6.45, 7) is 15.5. The molecule has 1 aromatic heterocycles. The van der Waals surface area contributed by atoms with Gasteiger partial charge in [0.25, 0.3) is 10.0 Å². The lowest BCUT2D eigenvalue weighted by molar-refractivity contribution is 0.155. The van der Waals surface area contributed by atoms with E-state index in [0.717, 1.165) is 54.4 Å². The van der Waals surface area contributed by atoms with Crippen LogP contribution < -0.4 is 19.8 Å². The highest BCUT2D eigenvalue weighted by Crippen LogP contribution is 2.45. The van der Waals surface area contributed by atoms with Crippen LogP contribution >= 0.6 is 23.4 Å². The third kappa shape index (κ3) is 13.1. The van der Waals surface area contributed by atoms with Gasteiger partial charge in [-0.25, -0.2) is 29.6 Å². The second-order valence-electron chi connectivity index (χ2n) is 20.3. The number of anilines is 4. The van der Waals surface area contributed by atoms with Crippen LogP contribution in [0.2, 0.25) is 5.02 Å². The first-order valence-corrected chi connectivity index (χ1v) is 31.8. The number of nitrogens with zero attached hydrogens (tertiary/aromatic N) is 4. The maximum absolute atomic E-state index is 15.8. The van der Waals surface area contributed by atoms with Gasteiger partial charge in [-0.3, -0.25) is 4.72 Å². The third-order valence-corrected chi connectivity index (χ3v) is 19.5. The fourth-order valence-corrected chi connectivity index (χ4v) is 14.8. The first kappa shape index (κ1) is 55.2. The van der Waals surface area contributed by atoms with Crippen LogP contribution in [-0.2, 0) is 29.7 Å². The van der Waals surface area contributed by atoms with Gasteiger partial charge in [-0.1, -0.05) is 55.8 Å². The van der Waals surface area contributed by atoms with Crippen LogP contribution in [0.5, 0.6) is 0 Å². The highest BCUT2D eigenvalue weighted by atomic mass is 35.5. The molecule has 2 fully saturated rings. The van der Waals surface area contributed by atoms with Gasteiger partial charge in [-0.2, -0.15) is 0 Å². The highest BCUT2D eigenvalue weighted by Gasteiger charge is 2.31. The molecule has 396 valence electrons. The summed E-state index contributed by atoms with van der Waals surface area (Å²) in [7, 11) is -11.8. The van der Waals surface area contributed by atoms with E-state index in [1.54, 1.807) is 49.0 Å². The second-order valence-corrected chi connectivity index (χ2v) is 27.5. The van der Waals surface area contributed by atoms with Crippen molar-refractivity contribution in [1.82, 2.24) is 9.47 Å². The fraction of sp³-hybridized carbons (Fsp3) is 0.393. The molecule has 18 heteroatoms. The Kier molecular flexibility index (Phi) is 17.2. The minimum absolute atomic E-state index is 0.0848. The summed E-state index contributed by atoms with van der Waals surface area (Å²) in [5.74, 6) is 1.59. The zero-order valence-electron chi connectivity index (χ0n) is 43.2. The van der Waals surface area contributed by atoms with Gasteiger partial charge in [0.15, 0.2) is 19.7 Å². The van der Waals surface area contributed by atoms with Crippen LogP contribution in [0, 0.1) is 24.6 Å². The predicted molar refractivity (Wildman–Crippen MR) is 303 cm³/mol. The van der Waals surface area contributed by atoms with E-state index < -0.39 is 35.5 Å². The van der Waals surface area contributed by atoms with Crippen LogP contribution in [-0.4, -0.2) is 105 Å². The molecule has 0 aliphatic carbocycles. The van der Waals surface area contributed by atoms with Gasteiger partial charge in [0.05, 0.1) is 26.1 Å². The number of hydrogen-bond acceptors (Lipinski definition) is 11. The molecule has 6 aromatic rings. The normalized spacial score (nSPS) is 15.8. The zero-order chi connectivity index (χ0) is 53.1. The van der Waals surface area contributed by atoms with Crippen LogP contribution in [0.4, 0.5) is 27.1 Å². The van der Waals surface area contributed by atoms with Crippen molar-refractivity contribution >= 4 is 75.8 Å². The Morgan fingerprint density at radius 1 is 0.716 bits per heavy atom. The molecule has 0 bridgehead atoms. The predicted octanol–water partition coefficient (Wildman–Crippen LogP) is 11.8. The van der Waals surface area contributed by atoms with E-state index in [4.69, 9.17) is 11.6 Å². The van der Waals surface area contributed by atoms with Gasteiger partial charge < -0.3 is 24.6 Å². The van der Waals surface area contributed by atoms with Crippen molar-refractivity contribution in [3.8, 4) is 22.4 Å². The first-order valence-electron chi connectivity index (χ1n) is 25.2. The van der Waals surface area contributed by atoms with Crippen molar-refractivity contribution in [3.63, 3.8) is 0 Å². The Labute approximate surface area is 447 Å². The van der Waals surface area contributed by atoms with Gasteiger partial charge >= 0.3 is 0 Å². The van der Waals surface area contributed by atoms with E-state index in [1.807, 2.05) is 66.9 Å². The molecule has 2 aliphatic heterocycles. The Hall–Kier alpha value is -5.04. The molecule has 0 spiro atoms. The SMILES string of the molecule is Cc1c(S(C)(=O)=O)c(-c2cc(F)cc(N3CCN(c4ccc(NS(=O)(=O)c5ccc(N[C@H](CCN6CCC(C(C)C)CC6)CSc6ccccc6)c(S(C)(=O)=O)c5)cc4)CC3)c2)c(-c2ccc(Cl)cc2)n1C(C)C. The lowest BCUT2D eigenvalue weighted by Crippen LogP contribution is -2.46. The summed E-state index contributed by atoms with van der Waals surface area (Å²) >= 11 is 7.97. The Bertz CT molecular complexity index is 3270. The summed E-state index contributed by atoms with van der Waals surface area (Å²) in [4.78, 5) is 7.74. The molecule has 74 heavy (non-hydrogen) atoms. The van der Waals surface area contributed by atoms with E-state index in [-0.39, 0.29) is 26.8 Å². The quantitative estimate of drug-likeness (QED) is 0.0749. The maximum atomic E-state index is 15.8. The van der Waals surface area contributed by atoms with E-state index in [2.05, 4.69) is 50.7 Å². The monoisotopic (exact) mass is 1100 g/mol. The average Bonchev–Trinajstić information content (AvgIpc) is 3.69. The molecule has 0 radical (unpaired) electrons. The third-order valence-electron chi connectivity index (χ3n) is 14.3. The van der Waals surface area contributed by atoms with Gasteiger partial charge in [0, 0.05) is 101 Å². The number of nitrogens with one attached hydrogen (secondary N) is 2. The number of sulfonamides is 1. The summed E-state index contributed by atoms with van der Waals surface area (Å²) in [6.07, 6.45) is 5.41. The van der Waals surface area contributed by atoms with Crippen LogP contribution in [0.1, 0.15) is 58.7 Å². The standard InChI is InChI=1S/C56H68ClFN6O6S4/c1-38(2)41-23-26-61(27-24-41)28-25-47(37-71-50-11-9-8-10-12-50)59-52-22-21-51(36-53(52)72(6,65)66)74(69,70)60-46-17-19-48(20-18-46)62-29-31-63(32-30-62)49-34-43(33-45(58)35-49)54-55(42-13-15-44(57)16-14-42)64(39(3)4)40(5)56(54)73(7,67)68/h8-22,33-36,38-39,41,47,59-60H,23-32,37H2,1-7H3/t47-/m1/s1. The number of likely N-dealkylation sites (tertiary alicyclic amines) is 1. The van der Waals surface area contributed by atoms with Crippen molar-refractivity contribution in [2.75, 3.05) is 83.9 Å². The van der Waals surface area contributed by atoms with Crippen LogP contribution in [0.25, 0.3) is 22.4 Å². The number of aromatic nitrogens is 1. The maximum Gasteiger partial charge on any atom is 0.261 e. The molecule has 0 unspecified atom stereocenters. The van der Waals surface area contributed by atoms with Gasteiger partial charge in [0.1, 0.15) is 5.82 Å². The highest BCUT2D eigenvalue weighted by molar-refractivity contribution is 7.99. The molecule has 2 aliphatic rings. The Morgan fingerprint density at radius 2 is 1.35 bits per heavy atom. The smallest absolute Gasteiger partial charge is 0.261 e. The first-order chi connectivity index (χ1) is 35.0. The summed E-state index contributed by atoms with van der Waals surface area (Å²) in [5, 5.41) is 4.05. The second kappa shape index (κ2) is 23.1. The molecule has 8 rings (SSSR count). The van der Waals surface area contributed by atoms with E-state index in [0.29, 0.717) is 82.4 Å². The van der Waals surface area contributed by atoms with Crippen molar-refractivity contribution in [2.45, 2.75) is 85.5 Å². The zero-order valence-corrected chi connectivity index (χ0v) is 47.2. The minimum Gasteiger partial charge on any atom is -0.380 e. The molecule has 2 N–H and O–H groups in total. The number of sulfone groups is 2. The van der Waals surface area contributed by atoms with Crippen molar-refractivity contribution in [3.05, 3.63) is 132 Å². The average molecular weight is 1100 g/mol. The number of benzene rings is 5. The number of halogens is 2. The van der Waals surface area contributed by atoms with E-state index >= 15 is 4.39 Å². The molecular weight excluding hydrogens is 1040 g/mol. The molecular formula is C56H68ClFN6O6S4. The van der Waals surface area contributed by atoms with Crippen molar-refractivity contribution < 1.29 is 29.6 Å². The van der Waals surface area contributed by atoms with Gasteiger partial charge in [-0.15, -0.1) is 11.8 Å². The number of piperazine rings is 1. The summed E-state index contributed by atoms with van der Waals surface area (Å²) in [5.41, 5.74) is 5.05. The lowest BCUT2D eigenvalue weighted by Gasteiger charge is -2.37. The Balaban J connectivity index is 0.953. The van der Waals surface area contributed by atoms with Crippen LogP contribution in [0.15, 0.2) is 135 Å². The van der Waals surface area contributed by atoms with Crippen LogP contribution in [0.3, 0.4) is 0 Å². The topological polar surface area (TPSA) is 141 Å². The van der Waals surface area contributed by atoms with Gasteiger partial charge in [0.2, 0.25) is 0 Å². The number of hydrogen-bond donors (Lipinski definition) is 2. The largest absolute Gasteiger partial charge is 0.380 e. The van der Waals surface area contributed by atoms with Gasteiger partial charge in [-0.05, 0) is 161 Å². The molecule has 12 nitrogen and oxygen atoms in total. The lowest BCUT2D eigenvalue weighted by atomic mass is 9.86. The molecule has 0 saturated carbocycles. The van der Waals surface area contributed by atoms with E-state index in [9.17, 15) is 25.3 Å². The minimum atomic E-state index is -4.21. The molecule has 5 aromatic carbocycles. The summed E-state index contributed by atoms with van der Waals surface area (Å²) < 4.78 is 102. The van der Waals surface area contributed by atoms with Crippen molar-refractivity contribution in [2.24, 2.45) is 11.8 Å². The molecule has 1 atom stereocenters. The van der Waals surface area contributed by atoms with Crippen molar-refractivity contribution in [1.29, 1.82) is 0 Å². The molecule has 0 amide bonds. The fourth-order valence-electron chi connectivity index (χ4n) is 10.4. The summed E-state index contributed by atoms with van der Waals surface area (Å²) in [6, 6.07) is 33.1. The number of thioether (sulfide) groups is 1.